The topological polar surface area (TPSA) is 0 Å². The first-order valence-corrected chi connectivity index (χ1v) is 7.62. The summed E-state index contributed by atoms with van der Waals surface area (Å²) in [6, 6.07) is 17.6. The summed E-state index contributed by atoms with van der Waals surface area (Å²) < 4.78 is 40.4. The van der Waals surface area contributed by atoms with Gasteiger partial charge in [-0.05, 0) is 51.2 Å². The van der Waals surface area contributed by atoms with Gasteiger partial charge in [-0.15, -0.1) is 0 Å². The summed E-state index contributed by atoms with van der Waals surface area (Å²) in [6.07, 6.45) is 0. The fourth-order valence-corrected chi connectivity index (χ4v) is 2.82. The highest BCUT2D eigenvalue weighted by atomic mass is 35.5. The molecule has 0 saturated heterocycles. The minimum atomic E-state index is -0.388. The lowest BCUT2D eigenvalue weighted by Crippen LogP contribution is -1.83. The van der Waals surface area contributed by atoms with Gasteiger partial charge in [0.15, 0.2) is 0 Å². The van der Waals surface area contributed by atoms with Crippen molar-refractivity contribution in [2.75, 3.05) is 0 Å². The molecule has 0 nitrogen and oxygen atoms in total. The molecular formula is C22H15Cl. The van der Waals surface area contributed by atoms with E-state index in [9.17, 15) is 0 Å². The summed E-state index contributed by atoms with van der Waals surface area (Å²) in [7, 11) is 0. The van der Waals surface area contributed by atoms with Crippen molar-refractivity contribution in [1.29, 1.82) is 0 Å². The Morgan fingerprint density at radius 2 is 1.43 bits per heavy atom. The van der Waals surface area contributed by atoms with Crippen molar-refractivity contribution in [3.63, 3.8) is 0 Å². The zero-order chi connectivity index (χ0) is 20.0. The van der Waals surface area contributed by atoms with Crippen molar-refractivity contribution in [3.8, 4) is 22.3 Å². The molecule has 4 aromatic carbocycles. The monoisotopic (exact) mass is 319 g/mol. The van der Waals surface area contributed by atoms with E-state index >= 15 is 0 Å². The number of fused-ring (bicyclic) bond motifs is 1. The smallest absolute Gasteiger partial charge is 0.0629 e. The van der Waals surface area contributed by atoms with Gasteiger partial charge in [-0.1, -0.05) is 84.3 Å². The van der Waals surface area contributed by atoms with Crippen molar-refractivity contribution in [2.45, 2.75) is 0 Å². The normalized spacial score (nSPS) is 13.9. The highest BCUT2D eigenvalue weighted by Gasteiger charge is 2.05. The van der Waals surface area contributed by atoms with Gasteiger partial charge in [0, 0.05) is 5.02 Å². The van der Waals surface area contributed by atoms with Crippen molar-refractivity contribution < 1.29 is 6.85 Å². The van der Waals surface area contributed by atoms with Crippen LogP contribution in [0.5, 0.6) is 0 Å². The largest absolute Gasteiger partial charge is 0.0843 e. The van der Waals surface area contributed by atoms with Gasteiger partial charge in [0.05, 0.1) is 6.85 Å². The second-order valence-electron chi connectivity index (χ2n) is 5.25. The van der Waals surface area contributed by atoms with E-state index in [-0.39, 0.29) is 35.8 Å². The molecule has 4 rings (SSSR count). The first-order chi connectivity index (χ1) is 13.4. The Balaban J connectivity index is 2.01. The molecule has 0 spiro atoms. The molecule has 0 bridgehead atoms. The van der Waals surface area contributed by atoms with Gasteiger partial charge in [-0.2, -0.15) is 0 Å². The summed E-state index contributed by atoms with van der Waals surface area (Å²) in [5.74, 6) is 0. The van der Waals surface area contributed by atoms with Crippen molar-refractivity contribution >= 4 is 22.4 Å². The number of hydrogen-bond donors (Lipinski definition) is 0. The second kappa shape index (κ2) is 5.91. The highest BCUT2D eigenvalue weighted by Crippen LogP contribution is 2.32. The van der Waals surface area contributed by atoms with Crippen LogP contribution >= 0.6 is 11.6 Å². The van der Waals surface area contributed by atoms with Crippen molar-refractivity contribution in [1.82, 2.24) is 0 Å². The van der Waals surface area contributed by atoms with Gasteiger partial charge >= 0.3 is 0 Å². The van der Waals surface area contributed by atoms with Gasteiger partial charge in [0.25, 0.3) is 0 Å². The molecule has 0 atom stereocenters. The van der Waals surface area contributed by atoms with Crippen LogP contribution in [-0.4, -0.2) is 0 Å². The SMILES string of the molecule is [2H]c1c([2H])c([2H])c(-c2cccc3ccc(-c4ccc(Cl)cc4)cc23)c([2H])c1[2H]. The minimum absolute atomic E-state index is 0.199. The van der Waals surface area contributed by atoms with Gasteiger partial charge in [0.2, 0.25) is 0 Å². The molecule has 0 heterocycles. The molecule has 23 heavy (non-hydrogen) atoms. The van der Waals surface area contributed by atoms with E-state index in [0.29, 0.717) is 10.6 Å². The maximum absolute atomic E-state index is 8.30. The van der Waals surface area contributed by atoms with E-state index in [4.69, 9.17) is 18.5 Å². The standard InChI is InChI=1S/C22H15Cl/c23-20-13-11-16(12-14-20)19-10-9-18-7-4-8-21(22(18)15-19)17-5-2-1-3-6-17/h1-15H/i1D,2D,3D,5D,6D. The summed E-state index contributed by atoms with van der Waals surface area (Å²) in [5.41, 5.74) is 2.78. The van der Waals surface area contributed by atoms with Crippen LogP contribution in [-0.2, 0) is 0 Å². The Bertz CT molecular complexity index is 1190. The molecule has 4 aromatic rings. The quantitative estimate of drug-likeness (QED) is 0.380. The van der Waals surface area contributed by atoms with Gasteiger partial charge in [0.1, 0.15) is 0 Å². The van der Waals surface area contributed by atoms with Crippen molar-refractivity contribution in [2.24, 2.45) is 0 Å². The van der Waals surface area contributed by atoms with Crippen LogP contribution in [0.1, 0.15) is 6.85 Å². The molecule has 1 heteroatoms. The predicted octanol–water partition coefficient (Wildman–Crippen LogP) is 6.83. The second-order valence-corrected chi connectivity index (χ2v) is 5.68. The molecule has 110 valence electrons. The Morgan fingerprint density at radius 1 is 0.696 bits per heavy atom. The molecule has 0 amide bonds. The molecule has 0 radical (unpaired) electrons. The summed E-state index contributed by atoms with van der Waals surface area (Å²) >= 11 is 5.98. The molecule has 0 aliphatic rings. The van der Waals surface area contributed by atoms with E-state index in [0.717, 1.165) is 21.9 Å². The van der Waals surface area contributed by atoms with Crippen LogP contribution in [0.25, 0.3) is 33.0 Å². The van der Waals surface area contributed by atoms with Crippen LogP contribution < -0.4 is 0 Å². The third-order valence-corrected chi connectivity index (χ3v) is 4.08. The molecule has 0 N–H and O–H groups in total. The van der Waals surface area contributed by atoms with Crippen LogP contribution in [0.4, 0.5) is 0 Å². The molecule has 0 unspecified atom stereocenters. The third-order valence-electron chi connectivity index (χ3n) is 3.83. The Labute approximate surface area is 148 Å². The zero-order valence-electron chi connectivity index (χ0n) is 17.2. The van der Waals surface area contributed by atoms with Gasteiger partial charge < -0.3 is 0 Å². The highest BCUT2D eigenvalue weighted by molar-refractivity contribution is 6.30. The average molecular weight is 320 g/mol. The van der Waals surface area contributed by atoms with E-state index in [1.54, 1.807) is 6.07 Å². The summed E-state index contributed by atoms with van der Waals surface area (Å²) in [6.45, 7) is 0. The number of halogens is 1. The van der Waals surface area contributed by atoms with Crippen LogP contribution in [0.2, 0.25) is 5.02 Å². The zero-order valence-corrected chi connectivity index (χ0v) is 12.9. The minimum Gasteiger partial charge on any atom is -0.0843 e. The van der Waals surface area contributed by atoms with E-state index in [1.165, 1.54) is 0 Å². The Morgan fingerprint density at radius 3 is 2.22 bits per heavy atom. The van der Waals surface area contributed by atoms with E-state index < -0.39 is 0 Å². The molecule has 0 aliphatic carbocycles. The van der Waals surface area contributed by atoms with Crippen LogP contribution in [0, 0.1) is 0 Å². The van der Waals surface area contributed by atoms with E-state index in [2.05, 4.69) is 0 Å². The molecule has 0 aromatic heterocycles. The van der Waals surface area contributed by atoms with Crippen LogP contribution in [0.15, 0.2) is 90.9 Å². The number of benzene rings is 4. The number of hydrogen-bond acceptors (Lipinski definition) is 0. The van der Waals surface area contributed by atoms with Gasteiger partial charge in [-0.25, -0.2) is 0 Å². The number of rotatable bonds is 2. The lowest BCUT2D eigenvalue weighted by Gasteiger charge is -2.09. The first kappa shape index (κ1) is 9.54. The lowest BCUT2D eigenvalue weighted by atomic mass is 9.95. The molecule has 0 aliphatic heterocycles. The fraction of sp³-hybridized carbons (Fsp3) is 0. The fourth-order valence-electron chi connectivity index (χ4n) is 2.70. The molecular weight excluding hydrogens is 300 g/mol. The first-order valence-electron chi connectivity index (χ1n) is 9.74. The predicted molar refractivity (Wildman–Crippen MR) is 99.8 cm³/mol. The van der Waals surface area contributed by atoms with E-state index in [1.807, 2.05) is 54.6 Å². The maximum atomic E-state index is 8.30. The lowest BCUT2D eigenvalue weighted by molar-refractivity contribution is 1.62. The maximum Gasteiger partial charge on any atom is 0.0629 e. The average Bonchev–Trinajstić information content (AvgIpc) is 2.71. The third kappa shape index (κ3) is 2.74. The Kier molecular flexibility index (Phi) is 2.45. The van der Waals surface area contributed by atoms with Crippen molar-refractivity contribution in [3.05, 3.63) is 95.9 Å². The Hall–Kier alpha value is -2.57. The van der Waals surface area contributed by atoms with Crippen LogP contribution in [0.3, 0.4) is 0 Å². The molecule has 0 saturated carbocycles. The summed E-state index contributed by atoms with van der Waals surface area (Å²) in [4.78, 5) is 0. The summed E-state index contributed by atoms with van der Waals surface area (Å²) in [5, 5.41) is 2.42. The molecule has 0 fully saturated rings. The van der Waals surface area contributed by atoms with Gasteiger partial charge in [-0.3, -0.25) is 0 Å².